The summed E-state index contributed by atoms with van der Waals surface area (Å²) >= 11 is 0. The van der Waals surface area contributed by atoms with Gasteiger partial charge in [0.1, 0.15) is 13.2 Å². The number of phosphoric acid groups is 1. The van der Waals surface area contributed by atoms with Gasteiger partial charge in [0, 0.05) is 6.42 Å². The summed E-state index contributed by atoms with van der Waals surface area (Å²) in [5, 5.41) is 14.2. The third-order valence-corrected chi connectivity index (χ3v) is 17.6. The number of hydrogen-bond acceptors (Lipinski definition) is 5. The van der Waals surface area contributed by atoms with Crippen molar-refractivity contribution in [3.63, 3.8) is 0 Å². The molecule has 0 saturated carbocycles. The molecule has 0 heterocycles. The number of nitrogens with zero attached hydrogens (tertiary/aromatic N) is 1. The summed E-state index contributed by atoms with van der Waals surface area (Å²) in [6, 6.07) is -0.757. The molecule has 9 heteroatoms. The second-order valence-electron chi connectivity index (χ2n) is 25.6. The summed E-state index contributed by atoms with van der Waals surface area (Å²) in [6.07, 6.45) is 74.9. The molecule has 0 aromatic carbocycles. The Bertz CT molecular complexity index is 1220. The average Bonchev–Trinajstić information content (AvgIpc) is 3.39. The van der Waals surface area contributed by atoms with Gasteiger partial charge in [-0.15, -0.1) is 0 Å². The third-order valence-electron chi connectivity index (χ3n) is 16.6. The van der Waals surface area contributed by atoms with Gasteiger partial charge in [0.2, 0.25) is 5.91 Å². The van der Waals surface area contributed by atoms with Crippen molar-refractivity contribution in [2.45, 2.75) is 392 Å². The zero-order valence-electron chi connectivity index (χ0n) is 53.0. The monoisotopic (exact) mass is 1110 g/mol. The Kier molecular flexibility index (Phi) is 59.7. The van der Waals surface area contributed by atoms with Gasteiger partial charge < -0.3 is 19.8 Å². The van der Waals surface area contributed by atoms with E-state index in [9.17, 15) is 19.4 Å². The smallest absolute Gasteiger partial charge is 0.391 e. The molecule has 462 valence electrons. The van der Waals surface area contributed by atoms with Crippen LogP contribution >= 0.6 is 7.82 Å². The molecule has 0 aromatic rings. The zero-order valence-corrected chi connectivity index (χ0v) is 53.9. The Morgan fingerprint density at radius 2 is 0.623 bits per heavy atom. The van der Waals surface area contributed by atoms with Crippen LogP contribution in [0.2, 0.25) is 0 Å². The molecule has 0 spiro atoms. The number of phosphoric ester groups is 1. The van der Waals surface area contributed by atoms with Gasteiger partial charge in [-0.1, -0.05) is 361 Å². The number of hydrogen-bond donors (Lipinski definition) is 3. The first-order chi connectivity index (χ1) is 37.5. The molecule has 0 rings (SSSR count). The molecule has 0 aliphatic rings. The molecule has 0 aromatic heterocycles. The normalized spacial score (nSPS) is 13.6. The van der Waals surface area contributed by atoms with Crippen LogP contribution in [0, 0.1) is 0 Å². The minimum atomic E-state index is -4.32. The highest BCUT2D eigenvalue weighted by Crippen LogP contribution is 2.43. The van der Waals surface area contributed by atoms with E-state index in [2.05, 4.69) is 19.2 Å². The van der Waals surface area contributed by atoms with E-state index in [0.29, 0.717) is 23.9 Å². The number of unbranched alkanes of at least 4 members (excludes halogenated alkanes) is 53. The molecule has 3 N–H and O–H groups in total. The topological polar surface area (TPSA) is 105 Å². The Balaban J connectivity index is 3.99. The molecule has 0 bridgehead atoms. The lowest BCUT2D eigenvalue weighted by Crippen LogP contribution is -2.46. The van der Waals surface area contributed by atoms with Crippen LogP contribution in [0.5, 0.6) is 0 Å². The average molecular weight is 1110 g/mol. The minimum absolute atomic E-state index is 0.0795. The number of rotatable bonds is 66. The maximum atomic E-state index is 13.1. The van der Waals surface area contributed by atoms with E-state index < -0.39 is 20.0 Å². The van der Waals surface area contributed by atoms with Gasteiger partial charge in [0.15, 0.2) is 0 Å². The number of amides is 1. The predicted molar refractivity (Wildman–Crippen MR) is 337 cm³/mol. The molecule has 0 fully saturated rings. The predicted octanol–water partition coefficient (Wildman–Crippen LogP) is 21.9. The van der Waals surface area contributed by atoms with E-state index in [1.807, 2.05) is 21.1 Å². The summed E-state index contributed by atoms with van der Waals surface area (Å²) in [6.45, 7) is 4.97. The number of quaternary nitrogens is 1. The lowest BCUT2D eigenvalue weighted by Gasteiger charge is -2.26. The molecule has 3 unspecified atom stereocenters. The molecular weight excluding hydrogens is 972 g/mol. The molecule has 0 saturated heterocycles. The zero-order chi connectivity index (χ0) is 56.3. The SMILES string of the molecule is CCCCCCCCCCCCCCCCCCCCCCCCCCCCCCC(=O)NC(COP(=O)(O)OCC[N+](C)(C)C)C(O)CCCCCCCCCCCCCCCCCCCCCCCCCCCCC. The van der Waals surface area contributed by atoms with E-state index in [-0.39, 0.29) is 19.1 Å². The van der Waals surface area contributed by atoms with Gasteiger partial charge in [0.05, 0.1) is 39.9 Å². The van der Waals surface area contributed by atoms with Crippen LogP contribution in [0.25, 0.3) is 0 Å². The molecule has 0 aliphatic heterocycles. The van der Waals surface area contributed by atoms with Crippen LogP contribution < -0.4 is 5.32 Å². The standard InChI is InChI=1S/C68H139N2O6P/c1-6-8-10-12-14-16-18-20-22-24-26-28-30-32-34-36-38-40-42-44-46-48-50-52-54-56-58-60-62-68(72)69-66(65-76-77(73,74)75-64-63-70(3,4)5)67(71)61-59-57-55-53-51-49-47-45-43-41-39-37-35-33-31-29-27-25-23-21-19-17-15-13-11-9-7-2/h66-67,71H,6-65H2,1-5H3,(H-,69,72,73,74)/p+1. The van der Waals surface area contributed by atoms with Crippen LogP contribution in [0.4, 0.5) is 0 Å². The summed E-state index contributed by atoms with van der Waals surface area (Å²) in [5.41, 5.74) is 0. The molecule has 3 atom stereocenters. The highest BCUT2D eigenvalue weighted by molar-refractivity contribution is 7.47. The van der Waals surface area contributed by atoms with Crippen LogP contribution in [0.15, 0.2) is 0 Å². The van der Waals surface area contributed by atoms with Crippen molar-refractivity contribution < 1.29 is 32.9 Å². The van der Waals surface area contributed by atoms with Crippen LogP contribution in [-0.2, 0) is 18.4 Å². The Labute approximate surface area is 482 Å². The Hall–Kier alpha value is -0.500. The van der Waals surface area contributed by atoms with Crippen LogP contribution in [0.3, 0.4) is 0 Å². The van der Waals surface area contributed by atoms with E-state index in [4.69, 9.17) is 9.05 Å². The van der Waals surface area contributed by atoms with Crippen molar-refractivity contribution in [3.8, 4) is 0 Å². The van der Waals surface area contributed by atoms with Crippen molar-refractivity contribution in [1.82, 2.24) is 5.32 Å². The third kappa shape index (κ3) is 62.9. The number of aliphatic hydroxyl groups is 1. The van der Waals surface area contributed by atoms with E-state index in [1.54, 1.807) is 0 Å². The number of aliphatic hydroxyl groups excluding tert-OH is 1. The fourth-order valence-electron chi connectivity index (χ4n) is 11.2. The molecular formula is C68H140N2O6P+. The highest BCUT2D eigenvalue weighted by atomic mass is 31.2. The molecule has 1 amide bonds. The Morgan fingerprint density at radius 1 is 0.390 bits per heavy atom. The Morgan fingerprint density at radius 3 is 0.870 bits per heavy atom. The van der Waals surface area contributed by atoms with Crippen molar-refractivity contribution in [2.24, 2.45) is 0 Å². The number of likely N-dealkylation sites (N-methyl/N-ethyl adjacent to an activating group) is 1. The summed E-state index contributed by atoms with van der Waals surface area (Å²) < 4.78 is 23.9. The lowest BCUT2D eigenvalue weighted by molar-refractivity contribution is -0.870. The van der Waals surface area contributed by atoms with Crippen molar-refractivity contribution in [1.29, 1.82) is 0 Å². The van der Waals surface area contributed by atoms with Crippen LogP contribution in [0.1, 0.15) is 380 Å². The second kappa shape index (κ2) is 60.1. The van der Waals surface area contributed by atoms with Crippen molar-refractivity contribution in [2.75, 3.05) is 40.9 Å². The largest absolute Gasteiger partial charge is 0.472 e. The van der Waals surface area contributed by atoms with Gasteiger partial charge in [-0.3, -0.25) is 13.8 Å². The minimum Gasteiger partial charge on any atom is -0.391 e. The second-order valence-corrected chi connectivity index (χ2v) is 27.1. The molecule has 0 radical (unpaired) electrons. The van der Waals surface area contributed by atoms with Crippen LogP contribution in [-0.4, -0.2) is 73.4 Å². The van der Waals surface area contributed by atoms with Gasteiger partial charge in [-0.25, -0.2) is 4.57 Å². The number of carbonyl (C=O) groups is 1. The first-order valence-electron chi connectivity index (χ1n) is 34.9. The quantitative estimate of drug-likeness (QED) is 0.0318. The summed E-state index contributed by atoms with van der Waals surface area (Å²) in [4.78, 5) is 23.5. The van der Waals surface area contributed by atoms with E-state index in [1.165, 1.54) is 315 Å². The van der Waals surface area contributed by atoms with Gasteiger partial charge >= 0.3 is 7.82 Å². The van der Waals surface area contributed by atoms with E-state index in [0.717, 1.165) is 38.5 Å². The lowest BCUT2D eigenvalue weighted by atomic mass is 10.0. The maximum Gasteiger partial charge on any atom is 0.472 e. The highest BCUT2D eigenvalue weighted by Gasteiger charge is 2.28. The number of nitrogens with one attached hydrogen (secondary N) is 1. The fraction of sp³-hybridized carbons (Fsp3) is 0.985. The van der Waals surface area contributed by atoms with Crippen molar-refractivity contribution in [3.05, 3.63) is 0 Å². The molecule has 0 aliphatic carbocycles. The van der Waals surface area contributed by atoms with E-state index >= 15 is 0 Å². The fourth-order valence-corrected chi connectivity index (χ4v) is 11.9. The molecule has 8 nitrogen and oxygen atoms in total. The van der Waals surface area contributed by atoms with Gasteiger partial charge in [-0.05, 0) is 12.8 Å². The van der Waals surface area contributed by atoms with Crippen molar-refractivity contribution >= 4 is 13.7 Å². The molecule has 77 heavy (non-hydrogen) atoms. The first-order valence-corrected chi connectivity index (χ1v) is 36.4. The maximum absolute atomic E-state index is 13.1. The van der Waals surface area contributed by atoms with Gasteiger partial charge in [-0.2, -0.15) is 0 Å². The number of carbonyl (C=O) groups excluding carboxylic acids is 1. The first kappa shape index (κ1) is 76.5. The van der Waals surface area contributed by atoms with Gasteiger partial charge in [0.25, 0.3) is 0 Å². The summed E-state index contributed by atoms with van der Waals surface area (Å²) in [7, 11) is 1.64. The summed E-state index contributed by atoms with van der Waals surface area (Å²) in [5.74, 6) is -0.133.